The van der Waals surface area contributed by atoms with E-state index in [0.29, 0.717) is 68.1 Å². The van der Waals surface area contributed by atoms with Crippen molar-refractivity contribution in [2.45, 2.75) is 479 Å². The highest BCUT2D eigenvalue weighted by atomic mass is 16.7. The lowest BCUT2D eigenvalue weighted by atomic mass is 9.52. The van der Waals surface area contributed by atoms with Gasteiger partial charge in [0.15, 0.2) is 24.9 Å². The van der Waals surface area contributed by atoms with Crippen LogP contribution < -0.4 is 0 Å². The van der Waals surface area contributed by atoms with Crippen LogP contribution >= 0.6 is 0 Å². The smallest absolute Gasteiger partial charge is 0.348 e. The van der Waals surface area contributed by atoms with Crippen LogP contribution in [0.5, 0.6) is 0 Å². The topological polar surface area (TPSA) is 392 Å². The molecule has 3 aliphatic heterocycles. The van der Waals surface area contributed by atoms with Gasteiger partial charge < -0.3 is 76.5 Å². The van der Waals surface area contributed by atoms with E-state index in [1.165, 1.54) is 51.4 Å². The number of fused-ring (bicyclic) bond motifs is 2. The van der Waals surface area contributed by atoms with Gasteiger partial charge in [0.25, 0.3) is 0 Å². The van der Waals surface area contributed by atoms with E-state index in [4.69, 9.17) is 66.3 Å². The summed E-state index contributed by atoms with van der Waals surface area (Å²) in [6.07, 6.45) is 29.3. The first-order valence-electron chi connectivity index (χ1n) is 51.8. The van der Waals surface area contributed by atoms with E-state index in [9.17, 15) is 72.5 Å². The summed E-state index contributed by atoms with van der Waals surface area (Å²) in [5.74, 6) is -2.86. The lowest BCUT2D eigenvalue weighted by Crippen LogP contribution is -2.61. The fourth-order valence-corrected chi connectivity index (χ4v) is 24.5. The van der Waals surface area contributed by atoms with Gasteiger partial charge in [-0.25, -0.2) is 19.2 Å². The molecule has 18 aliphatic rings. The number of hydrogen-bond donors (Lipinski definition) is 2. The summed E-state index contributed by atoms with van der Waals surface area (Å²) in [6.45, 7) is 40.9. The van der Waals surface area contributed by atoms with E-state index in [1.807, 2.05) is 90.0 Å². The van der Waals surface area contributed by atoms with E-state index in [0.717, 1.165) is 141 Å². The van der Waals surface area contributed by atoms with Crippen molar-refractivity contribution in [1.82, 2.24) is 0 Å². The maximum Gasteiger partial charge on any atom is 0.348 e. The number of aliphatic hydroxyl groups is 2. The van der Waals surface area contributed by atoms with Gasteiger partial charge in [0.1, 0.15) is 46.8 Å². The van der Waals surface area contributed by atoms with Crippen LogP contribution in [0.1, 0.15) is 396 Å². The molecular formula is C106H166O29. The largest absolute Gasteiger partial charge is 0.459 e. The second-order valence-electron chi connectivity index (χ2n) is 48.0. The zero-order valence-corrected chi connectivity index (χ0v) is 85.6. The molecule has 0 radical (unpaired) electrons. The summed E-state index contributed by atoms with van der Waals surface area (Å²) in [5, 5.41) is 21.3. The summed E-state index contributed by atoms with van der Waals surface area (Å²) in [4.78, 5) is 159. The Kier molecular flexibility index (Phi) is 34.1. The SMILES string of the molecule is CCC(C)(C)C(=O)OC(C)(C)C1CCCCC1.CCC(C)(C)C(=O)OC12CC3CC(CC(O)(C3)C1)C2.CCC(C)(C)C(=O)OC12CC3CC(CC(O)(C3)C1)C2.CCC(C)(C)C(=O)OCC(=O)OC1C2CC3C(=O)OC1C3C2.CCC(C)(C)C(=O)OCC(=O)OC1C2CC3C1OC(=O)C3(C(=O)OC(C)OC1CCCCC1)C2.CCC1(OC(=O)C2CC(OC(=O)C(C)(C)CC)C(=O)O2)CCCC1. The normalized spacial score (nSPS) is 33.7. The van der Waals surface area contributed by atoms with E-state index in [2.05, 4.69) is 13.8 Å². The van der Waals surface area contributed by atoms with Gasteiger partial charge >= 0.3 is 77.6 Å². The molecule has 15 aliphatic carbocycles. The first-order chi connectivity index (χ1) is 62.9. The van der Waals surface area contributed by atoms with Crippen molar-refractivity contribution < 1.29 is 139 Å². The summed E-state index contributed by atoms with van der Waals surface area (Å²) in [6, 6.07) is 0. The fraction of sp³-hybridized carbons (Fsp3) is 0.877. The summed E-state index contributed by atoms with van der Waals surface area (Å²) < 4.78 is 77.2. The fourth-order valence-electron chi connectivity index (χ4n) is 24.5. The zero-order valence-electron chi connectivity index (χ0n) is 85.6. The third kappa shape index (κ3) is 24.9. The molecule has 0 spiro atoms. The van der Waals surface area contributed by atoms with Gasteiger partial charge in [-0.1, -0.05) is 87.0 Å². The van der Waals surface area contributed by atoms with Crippen molar-refractivity contribution in [1.29, 1.82) is 0 Å². The van der Waals surface area contributed by atoms with E-state index in [1.54, 1.807) is 48.5 Å². The van der Waals surface area contributed by atoms with Gasteiger partial charge in [0.05, 0.1) is 55.7 Å². The molecule has 29 heteroatoms. The van der Waals surface area contributed by atoms with Crippen molar-refractivity contribution in [3.05, 3.63) is 0 Å². The van der Waals surface area contributed by atoms with Crippen molar-refractivity contribution in [3.8, 4) is 0 Å². The standard InChI is InChI=1S/C25H36O9.C18H28O6.C16H22O6.2C16H26O3.C15H28O2/c1-5-24(3,4)21(27)30-13-18(26)33-19-15-11-17-20(19)34-23(29)25(17,12-15)22(28)32-14(2)31-16-9-7-6-8-10-16;1-5-17(3,4)16(21)23-12-11-13(22-14(12)19)15(20)24-18(6-2)9-7-8-10-18;1-4-16(2,3)15(19)20-7-11(17)21-12-8-5-9-10(6-8)14(18)22-13(9)12;2*1-4-14(2,3)13(17)19-16-8-11-5-12(9-16)7-15(18,6-11)10-16;1-6-14(2,3)13(16)17-15(4,5)12-10-8-7-9-11-12/h14-17,19-20H,5-13H2,1-4H3;12-13H,5-11H2,1-4H3;8-10,12-13H,4-7H2,1-3H3;2*11-12,18H,4-10H2,1-3H3;12H,6-11H2,1-5H3. The Morgan fingerprint density at radius 3 is 1.33 bits per heavy atom. The highest BCUT2D eigenvalue weighted by Crippen LogP contribution is 2.65. The molecule has 0 amide bonds. The predicted molar refractivity (Wildman–Crippen MR) is 493 cm³/mol. The van der Waals surface area contributed by atoms with Crippen molar-refractivity contribution in [2.75, 3.05) is 13.2 Å². The van der Waals surface area contributed by atoms with E-state index in [-0.39, 0.29) is 108 Å². The number of esters is 13. The minimum atomic E-state index is -1.36. The molecule has 135 heavy (non-hydrogen) atoms. The molecule has 12 bridgehead atoms. The van der Waals surface area contributed by atoms with Crippen molar-refractivity contribution >= 4 is 77.6 Å². The van der Waals surface area contributed by atoms with Crippen molar-refractivity contribution in [3.63, 3.8) is 0 Å². The molecule has 3 heterocycles. The van der Waals surface area contributed by atoms with Gasteiger partial charge in [0, 0.05) is 42.9 Å². The van der Waals surface area contributed by atoms with E-state index < -0.39 is 146 Å². The molecule has 17 unspecified atom stereocenters. The first-order valence-corrected chi connectivity index (χ1v) is 51.8. The van der Waals surface area contributed by atoms with Gasteiger partial charge in [-0.05, 0) is 320 Å². The van der Waals surface area contributed by atoms with Crippen LogP contribution in [0, 0.1) is 97.1 Å². The average molecular weight is 1900 g/mol. The third-order valence-corrected chi connectivity index (χ3v) is 34.8. The molecule has 18 rings (SSSR count). The Bertz CT molecular complexity index is 4140. The first kappa shape index (κ1) is 108. The predicted octanol–water partition coefficient (Wildman–Crippen LogP) is 17.9. The lowest BCUT2D eigenvalue weighted by molar-refractivity contribution is -0.226. The number of ether oxygens (including phenoxy) is 14. The van der Waals surface area contributed by atoms with Gasteiger partial charge in [-0.15, -0.1) is 0 Å². The molecule has 29 nitrogen and oxygen atoms in total. The molecule has 0 aromatic carbocycles. The molecule has 2 N–H and O–H groups in total. The van der Waals surface area contributed by atoms with E-state index >= 15 is 0 Å². The summed E-state index contributed by atoms with van der Waals surface area (Å²) in [7, 11) is 0. The highest BCUT2D eigenvalue weighted by Gasteiger charge is 2.76. The van der Waals surface area contributed by atoms with Gasteiger partial charge in [-0.2, -0.15) is 0 Å². The number of carbonyl (C=O) groups excluding carboxylic acids is 13. The van der Waals surface area contributed by atoms with Gasteiger partial charge in [0.2, 0.25) is 12.2 Å². The maximum absolute atomic E-state index is 13.1. The highest BCUT2D eigenvalue weighted by molar-refractivity contribution is 6.03. The number of rotatable bonds is 30. The molecule has 0 aromatic rings. The van der Waals surface area contributed by atoms with Crippen LogP contribution in [-0.2, 0) is 129 Å². The molecular weight excluding hydrogens is 1740 g/mol. The number of cyclic esters (lactones) is 1. The lowest BCUT2D eigenvalue weighted by Gasteiger charge is -2.59. The maximum atomic E-state index is 13.1. The Labute approximate surface area is 801 Å². The molecule has 764 valence electrons. The minimum Gasteiger partial charge on any atom is -0.459 e. The Morgan fingerprint density at radius 1 is 0.437 bits per heavy atom. The van der Waals surface area contributed by atoms with Crippen LogP contribution in [0.25, 0.3) is 0 Å². The zero-order chi connectivity index (χ0) is 99.6. The second kappa shape index (κ2) is 42.4. The van der Waals surface area contributed by atoms with Crippen LogP contribution in [0.2, 0.25) is 0 Å². The Hall–Kier alpha value is -7.01. The Balaban J connectivity index is 0.000000158. The minimum absolute atomic E-state index is 0.00636. The number of carbonyl (C=O) groups is 13. The molecule has 15 saturated carbocycles. The Morgan fingerprint density at radius 2 is 0.874 bits per heavy atom. The second-order valence-corrected chi connectivity index (χ2v) is 48.0. The molecule has 3 saturated heterocycles. The summed E-state index contributed by atoms with van der Waals surface area (Å²) >= 11 is 0. The van der Waals surface area contributed by atoms with Crippen LogP contribution in [0.4, 0.5) is 0 Å². The molecule has 18 fully saturated rings. The quantitative estimate of drug-likeness (QED) is 0.0292. The summed E-state index contributed by atoms with van der Waals surface area (Å²) in [5.41, 5.74) is -7.07. The molecule has 0 aromatic heterocycles. The van der Waals surface area contributed by atoms with Crippen LogP contribution in [0.15, 0.2) is 0 Å². The van der Waals surface area contributed by atoms with Crippen molar-refractivity contribution in [2.24, 2.45) is 97.1 Å². The average Bonchev–Trinajstić information content (AvgIpc) is 1.31. The van der Waals surface area contributed by atoms with Crippen LogP contribution in [0.3, 0.4) is 0 Å². The molecule has 17 atom stereocenters. The third-order valence-electron chi connectivity index (χ3n) is 34.8. The number of hydrogen-bond acceptors (Lipinski definition) is 29. The van der Waals surface area contributed by atoms with Crippen LogP contribution in [-0.4, -0.2) is 184 Å². The monoisotopic (exact) mass is 1900 g/mol. The van der Waals surface area contributed by atoms with Gasteiger partial charge in [-0.3, -0.25) is 43.2 Å².